The van der Waals surface area contributed by atoms with Crippen LogP contribution in [0.1, 0.15) is 89.6 Å². The van der Waals surface area contributed by atoms with E-state index >= 15 is 0 Å². The van der Waals surface area contributed by atoms with Gasteiger partial charge in [-0.2, -0.15) is 0 Å². The molecule has 4 aliphatic rings. The second kappa shape index (κ2) is 14.2. The van der Waals surface area contributed by atoms with Crippen LogP contribution in [0.15, 0.2) is 65.9 Å². The van der Waals surface area contributed by atoms with E-state index in [4.69, 9.17) is 14.7 Å². The number of alkyl carbamates (subject to hydrolysis) is 1. The van der Waals surface area contributed by atoms with E-state index in [-0.39, 0.29) is 35.9 Å². The first-order chi connectivity index (χ1) is 24.2. The van der Waals surface area contributed by atoms with Crippen molar-refractivity contribution in [2.75, 3.05) is 13.7 Å². The maximum atomic E-state index is 13.5. The molecule has 1 aromatic heterocycles. The number of nitrogens with zero attached hydrogens (tertiary/aromatic N) is 4. The molecule has 0 bridgehead atoms. The molecule has 7 rings (SSSR count). The number of H-pyrrole nitrogens is 1. The minimum atomic E-state index is -0.581. The van der Waals surface area contributed by atoms with E-state index in [9.17, 15) is 14.4 Å². The zero-order chi connectivity index (χ0) is 34.9. The fourth-order valence-corrected chi connectivity index (χ4v) is 8.09. The zero-order valence-electron chi connectivity index (χ0n) is 29.5. The van der Waals surface area contributed by atoms with Crippen LogP contribution in [0.5, 0.6) is 0 Å². The predicted octanol–water partition coefficient (Wildman–Crippen LogP) is 7.15. The Morgan fingerprint density at radius 3 is 2.28 bits per heavy atom. The molecule has 0 saturated carbocycles. The van der Waals surface area contributed by atoms with Gasteiger partial charge in [-0.15, -0.1) is 0 Å². The third kappa shape index (κ3) is 6.60. The Bertz CT molecular complexity index is 1790. The molecule has 0 aliphatic carbocycles. The number of carbonyl (C=O) groups excluding carboxylic acids is 3. The van der Waals surface area contributed by atoms with Gasteiger partial charge in [0.2, 0.25) is 11.8 Å². The van der Waals surface area contributed by atoms with Crippen molar-refractivity contribution in [2.45, 2.75) is 96.3 Å². The van der Waals surface area contributed by atoms with Crippen LogP contribution in [0.25, 0.3) is 28.0 Å². The number of likely N-dealkylation sites (tertiary alicyclic amines) is 1. The van der Waals surface area contributed by atoms with E-state index < -0.39 is 12.1 Å². The molecular weight excluding hydrogens is 628 g/mol. The SMILES string of the molecule is COC(=O)N[C@H]1CCC[C@@H]2CC[C@@H](c3ncc(-c4ccc(-c5ccc(C6=CN=C([C@@H]7CCCN7C(=O)[C@@H](C)C(C)C)C6)cc5)cc4)[nH]3)N2C1=O. The average molecular weight is 677 g/mol. The maximum Gasteiger partial charge on any atom is 0.407 e. The standard InChI is InChI=1S/C40H48N6O4/c1-24(2)25(3)38(47)45-20-6-9-35(45)33-21-30(22-41-33)28-12-10-26(11-13-28)27-14-16-29(17-15-27)34-23-42-37(43-34)36-19-18-31-7-5-8-32(39(48)46(31)36)44-40(49)50-4/h10-17,22-25,31-32,35-36H,5-9,18-21H2,1-4H3,(H,42,43)(H,44,49)/t25-,31+,32-,35-,36-/m0/s1. The number of rotatable bonds is 8. The zero-order valence-corrected chi connectivity index (χ0v) is 29.5. The number of amides is 3. The number of aromatic amines is 1. The number of methoxy groups -OCH3 is 1. The highest BCUT2D eigenvalue weighted by molar-refractivity contribution is 6.03. The maximum absolute atomic E-state index is 13.5. The monoisotopic (exact) mass is 676 g/mol. The van der Waals surface area contributed by atoms with Gasteiger partial charge in [-0.05, 0) is 78.7 Å². The molecule has 3 saturated heterocycles. The lowest BCUT2D eigenvalue weighted by Gasteiger charge is -2.30. The van der Waals surface area contributed by atoms with Crippen molar-refractivity contribution in [3.63, 3.8) is 0 Å². The topological polar surface area (TPSA) is 120 Å². The summed E-state index contributed by atoms with van der Waals surface area (Å²) in [6.07, 6.45) is 10.2. The highest BCUT2D eigenvalue weighted by Gasteiger charge is 2.43. The number of carbonyl (C=O) groups is 3. The van der Waals surface area contributed by atoms with Crippen molar-refractivity contribution in [1.82, 2.24) is 25.1 Å². The molecule has 3 amide bonds. The van der Waals surface area contributed by atoms with Crippen molar-refractivity contribution < 1.29 is 19.1 Å². The lowest BCUT2D eigenvalue weighted by atomic mass is 9.94. The van der Waals surface area contributed by atoms with Gasteiger partial charge in [0.25, 0.3) is 0 Å². The number of fused-ring (bicyclic) bond motifs is 1. The fraction of sp³-hybridized carbons (Fsp3) is 0.475. The van der Waals surface area contributed by atoms with E-state index in [1.54, 1.807) is 0 Å². The van der Waals surface area contributed by atoms with Crippen LogP contribution in [0.3, 0.4) is 0 Å². The molecule has 50 heavy (non-hydrogen) atoms. The Labute approximate surface area is 294 Å². The van der Waals surface area contributed by atoms with E-state index in [0.717, 1.165) is 91.0 Å². The van der Waals surface area contributed by atoms with Crippen LogP contribution < -0.4 is 5.32 Å². The first-order valence-corrected chi connectivity index (χ1v) is 18.2. The summed E-state index contributed by atoms with van der Waals surface area (Å²) in [5.41, 5.74) is 7.64. The van der Waals surface area contributed by atoms with Crippen LogP contribution in [0, 0.1) is 11.8 Å². The molecule has 2 N–H and O–H groups in total. The number of hydrogen-bond donors (Lipinski definition) is 2. The minimum absolute atomic E-state index is 0.0208. The van der Waals surface area contributed by atoms with Crippen molar-refractivity contribution in [2.24, 2.45) is 16.8 Å². The largest absolute Gasteiger partial charge is 0.453 e. The van der Waals surface area contributed by atoms with Crippen molar-refractivity contribution in [1.29, 1.82) is 0 Å². The van der Waals surface area contributed by atoms with Gasteiger partial charge in [-0.3, -0.25) is 14.6 Å². The van der Waals surface area contributed by atoms with E-state index in [1.807, 2.05) is 24.2 Å². The number of ether oxygens (including phenoxy) is 1. The highest BCUT2D eigenvalue weighted by atomic mass is 16.5. The average Bonchev–Trinajstić information content (AvgIpc) is 3.96. The first-order valence-electron chi connectivity index (χ1n) is 18.2. The van der Waals surface area contributed by atoms with Gasteiger partial charge in [0.15, 0.2) is 0 Å². The number of aromatic nitrogens is 2. The normalized spacial score (nSPS) is 24.1. The summed E-state index contributed by atoms with van der Waals surface area (Å²) in [6, 6.07) is 16.6. The number of aliphatic imine (C=N–C) groups is 1. The Kier molecular flexibility index (Phi) is 9.62. The van der Waals surface area contributed by atoms with Gasteiger partial charge < -0.3 is 24.8 Å². The molecule has 3 fully saturated rings. The number of imidazole rings is 1. The van der Waals surface area contributed by atoms with Gasteiger partial charge in [0.1, 0.15) is 11.9 Å². The Balaban J connectivity index is 0.986. The summed E-state index contributed by atoms with van der Waals surface area (Å²) in [6.45, 7) is 7.09. The number of benzene rings is 2. The van der Waals surface area contributed by atoms with Gasteiger partial charge in [0.05, 0.1) is 31.1 Å². The summed E-state index contributed by atoms with van der Waals surface area (Å²) in [4.78, 5) is 55.7. The Hall–Kier alpha value is -4.73. The fourth-order valence-electron chi connectivity index (χ4n) is 8.09. The molecule has 0 spiro atoms. The Morgan fingerprint density at radius 2 is 1.58 bits per heavy atom. The van der Waals surface area contributed by atoms with Crippen LogP contribution in [0.2, 0.25) is 0 Å². The lowest BCUT2D eigenvalue weighted by molar-refractivity contribution is -0.136. The quantitative estimate of drug-likeness (QED) is 0.263. The molecule has 2 aromatic carbocycles. The molecule has 0 radical (unpaired) electrons. The predicted molar refractivity (Wildman–Crippen MR) is 194 cm³/mol. The molecule has 3 aromatic rings. The van der Waals surface area contributed by atoms with Crippen molar-refractivity contribution in [3.05, 3.63) is 72.3 Å². The molecule has 262 valence electrons. The smallest absolute Gasteiger partial charge is 0.407 e. The van der Waals surface area contributed by atoms with E-state index in [0.29, 0.717) is 12.3 Å². The minimum Gasteiger partial charge on any atom is -0.453 e. The summed E-state index contributed by atoms with van der Waals surface area (Å²) in [7, 11) is 1.31. The molecular formula is C40H48N6O4. The molecule has 5 atom stereocenters. The van der Waals surface area contributed by atoms with Crippen molar-refractivity contribution >= 4 is 29.2 Å². The lowest BCUT2D eigenvalue weighted by Crippen LogP contribution is -2.49. The molecule has 10 heteroatoms. The summed E-state index contributed by atoms with van der Waals surface area (Å²) >= 11 is 0. The number of nitrogens with one attached hydrogen (secondary N) is 2. The Morgan fingerprint density at radius 1 is 0.880 bits per heavy atom. The third-order valence-electron chi connectivity index (χ3n) is 11.3. The molecule has 0 unspecified atom stereocenters. The number of hydrogen-bond acceptors (Lipinski definition) is 6. The molecule has 4 aliphatic heterocycles. The van der Waals surface area contributed by atoms with Gasteiger partial charge in [-0.25, -0.2) is 9.78 Å². The summed E-state index contributed by atoms with van der Waals surface area (Å²) in [5.74, 6) is 1.32. The molecule has 10 nitrogen and oxygen atoms in total. The van der Waals surface area contributed by atoms with Gasteiger partial charge in [0, 0.05) is 36.8 Å². The highest BCUT2D eigenvalue weighted by Crippen LogP contribution is 2.40. The van der Waals surface area contributed by atoms with Crippen LogP contribution >= 0.6 is 0 Å². The van der Waals surface area contributed by atoms with E-state index in [2.05, 4.69) is 77.6 Å². The second-order valence-electron chi connectivity index (χ2n) is 14.6. The molecule has 5 heterocycles. The van der Waals surface area contributed by atoms with Crippen LogP contribution in [0.4, 0.5) is 4.79 Å². The van der Waals surface area contributed by atoms with Gasteiger partial charge in [-0.1, -0.05) is 69.3 Å². The summed E-state index contributed by atoms with van der Waals surface area (Å²) < 4.78 is 4.76. The van der Waals surface area contributed by atoms with Gasteiger partial charge >= 0.3 is 6.09 Å². The summed E-state index contributed by atoms with van der Waals surface area (Å²) in [5, 5.41) is 2.73. The van der Waals surface area contributed by atoms with Crippen LogP contribution in [-0.2, 0) is 14.3 Å². The van der Waals surface area contributed by atoms with Crippen LogP contribution in [-0.4, -0.2) is 75.2 Å². The third-order valence-corrected chi connectivity index (χ3v) is 11.3. The number of allylic oxidation sites excluding steroid dienone is 1. The van der Waals surface area contributed by atoms with Crippen molar-refractivity contribution in [3.8, 4) is 22.4 Å². The first kappa shape index (κ1) is 33.8. The second-order valence-corrected chi connectivity index (χ2v) is 14.6. The van der Waals surface area contributed by atoms with E-state index in [1.165, 1.54) is 12.7 Å².